The van der Waals surface area contributed by atoms with E-state index in [-0.39, 0.29) is 26.7 Å². The van der Waals surface area contributed by atoms with Crippen LogP contribution in [0.15, 0.2) is 53.4 Å². The van der Waals surface area contributed by atoms with Crippen molar-refractivity contribution in [2.45, 2.75) is 24.2 Å². The molecule has 188 valence electrons. The number of carbonyl (C=O) groups is 3. The van der Waals surface area contributed by atoms with Crippen LogP contribution in [0.25, 0.3) is 0 Å². The third-order valence-electron chi connectivity index (χ3n) is 5.56. The first-order valence-electron chi connectivity index (χ1n) is 10.8. The molecule has 1 aromatic heterocycles. The highest BCUT2D eigenvalue weighted by Crippen LogP contribution is 2.39. The molecule has 1 aliphatic carbocycles. The number of ether oxygens (including phenoxy) is 2. The van der Waals surface area contributed by atoms with Crippen molar-refractivity contribution in [3.63, 3.8) is 0 Å². The van der Waals surface area contributed by atoms with Gasteiger partial charge in [0, 0.05) is 4.88 Å². The van der Waals surface area contributed by atoms with Crippen molar-refractivity contribution in [3.8, 4) is 5.75 Å². The van der Waals surface area contributed by atoms with Crippen molar-refractivity contribution in [1.29, 1.82) is 0 Å². The summed E-state index contributed by atoms with van der Waals surface area (Å²) in [7, 11) is -1.38. The summed E-state index contributed by atoms with van der Waals surface area (Å²) in [5.41, 5.74) is 1.12. The van der Waals surface area contributed by atoms with Gasteiger partial charge in [-0.15, -0.1) is 11.3 Å². The standard InChI is InChI=1S/C24H23N3O7S2/c1-33-14-10-12-15(13-11-14)36(31,32)27-18-8-4-3-6-16(18)21(28)25-23-20(22(29)26-24(30)34-2)17-7-5-9-19(17)35-23/h3-4,6,8,10-13,27H,5,7,9H2,1-2H3,(H,25,28)(H,26,29,30). The third kappa shape index (κ3) is 5.19. The Labute approximate surface area is 211 Å². The molecule has 1 heterocycles. The van der Waals surface area contributed by atoms with Gasteiger partial charge < -0.3 is 14.8 Å². The van der Waals surface area contributed by atoms with Gasteiger partial charge in [0.1, 0.15) is 10.8 Å². The van der Waals surface area contributed by atoms with Crippen LogP contribution in [-0.4, -0.2) is 40.5 Å². The highest BCUT2D eigenvalue weighted by atomic mass is 32.2. The van der Waals surface area contributed by atoms with E-state index in [1.165, 1.54) is 54.8 Å². The molecule has 0 atom stereocenters. The average molecular weight is 530 g/mol. The van der Waals surface area contributed by atoms with E-state index in [0.717, 1.165) is 30.4 Å². The summed E-state index contributed by atoms with van der Waals surface area (Å²) in [5, 5.41) is 5.14. The number of amides is 3. The molecule has 0 unspecified atom stereocenters. The van der Waals surface area contributed by atoms with Gasteiger partial charge in [0.05, 0.1) is 35.9 Å². The number of hydrogen-bond donors (Lipinski definition) is 3. The normalized spacial score (nSPS) is 12.4. The minimum atomic E-state index is -4.00. The lowest BCUT2D eigenvalue weighted by Gasteiger charge is -2.13. The Morgan fingerprint density at radius 1 is 0.944 bits per heavy atom. The molecule has 0 spiro atoms. The van der Waals surface area contributed by atoms with E-state index < -0.39 is 27.9 Å². The molecule has 3 amide bonds. The number of anilines is 2. The average Bonchev–Trinajstić information content (AvgIpc) is 3.44. The third-order valence-corrected chi connectivity index (χ3v) is 8.15. The van der Waals surface area contributed by atoms with Crippen molar-refractivity contribution in [2.24, 2.45) is 0 Å². The molecule has 4 rings (SSSR count). The Balaban J connectivity index is 1.61. The second kappa shape index (κ2) is 10.4. The molecule has 0 fully saturated rings. The monoisotopic (exact) mass is 529 g/mol. The molecule has 12 heteroatoms. The topological polar surface area (TPSA) is 140 Å². The van der Waals surface area contributed by atoms with Crippen molar-refractivity contribution in [3.05, 3.63) is 70.1 Å². The van der Waals surface area contributed by atoms with Gasteiger partial charge in [-0.25, -0.2) is 13.2 Å². The van der Waals surface area contributed by atoms with Crippen molar-refractivity contribution in [1.82, 2.24) is 5.32 Å². The fraction of sp³-hybridized carbons (Fsp3) is 0.208. The molecule has 0 aliphatic heterocycles. The van der Waals surface area contributed by atoms with Crippen LogP contribution in [0.3, 0.4) is 0 Å². The first-order valence-corrected chi connectivity index (χ1v) is 13.1. The van der Waals surface area contributed by atoms with Crippen molar-refractivity contribution >= 4 is 50.0 Å². The predicted octanol–water partition coefficient (Wildman–Crippen LogP) is 3.79. The number of benzene rings is 2. The van der Waals surface area contributed by atoms with Gasteiger partial charge in [-0.05, 0) is 61.2 Å². The number of methoxy groups -OCH3 is 2. The summed E-state index contributed by atoms with van der Waals surface area (Å²) in [4.78, 5) is 38.6. The zero-order valence-electron chi connectivity index (χ0n) is 19.4. The second-order valence-corrected chi connectivity index (χ2v) is 10.6. The van der Waals surface area contributed by atoms with Crippen LogP contribution < -0.4 is 20.1 Å². The van der Waals surface area contributed by atoms with Crippen LogP contribution >= 0.6 is 11.3 Å². The van der Waals surface area contributed by atoms with Crippen LogP contribution in [-0.2, 0) is 27.6 Å². The molecule has 0 saturated heterocycles. The molecule has 0 saturated carbocycles. The lowest BCUT2D eigenvalue weighted by molar-refractivity contribution is 0.0937. The van der Waals surface area contributed by atoms with Crippen LogP contribution in [0.1, 0.15) is 37.6 Å². The summed E-state index contributed by atoms with van der Waals surface area (Å²) in [6.07, 6.45) is 1.36. The van der Waals surface area contributed by atoms with Gasteiger partial charge in [-0.2, -0.15) is 0 Å². The summed E-state index contributed by atoms with van der Waals surface area (Å²) in [6, 6.07) is 11.9. The number of hydrogen-bond acceptors (Lipinski definition) is 8. The van der Waals surface area contributed by atoms with E-state index in [1.54, 1.807) is 12.1 Å². The number of imide groups is 1. The fourth-order valence-corrected chi connectivity index (χ4v) is 6.20. The molecule has 1 aliphatic rings. The molecule has 3 aromatic rings. The molecule has 0 bridgehead atoms. The zero-order chi connectivity index (χ0) is 25.9. The van der Waals surface area contributed by atoms with Crippen LogP contribution in [0.2, 0.25) is 0 Å². The van der Waals surface area contributed by atoms with Crippen LogP contribution in [0.4, 0.5) is 15.5 Å². The number of sulfonamides is 1. The summed E-state index contributed by atoms with van der Waals surface area (Å²) in [5.74, 6) is -0.788. The number of thiophene rings is 1. The number of nitrogens with one attached hydrogen (secondary N) is 3. The molecular formula is C24H23N3O7S2. The SMILES string of the molecule is COC(=O)NC(=O)c1c(NC(=O)c2ccccc2NS(=O)(=O)c2ccc(OC)cc2)sc2c1CCC2. The van der Waals surface area contributed by atoms with E-state index in [2.05, 4.69) is 20.1 Å². The summed E-state index contributed by atoms with van der Waals surface area (Å²) >= 11 is 1.26. The van der Waals surface area contributed by atoms with Gasteiger partial charge in [0.25, 0.3) is 21.8 Å². The van der Waals surface area contributed by atoms with Crippen molar-refractivity contribution < 1.29 is 32.3 Å². The number of alkyl carbamates (subject to hydrolysis) is 1. The molecule has 2 aromatic carbocycles. The zero-order valence-corrected chi connectivity index (χ0v) is 21.0. The lowest BCUT2D eigenvalue weighted by atomic mass is 10.1. The van der Waals surface area contributed by atoms with Crippen LogP contribution in [0.5, 0.6) is 5.75 Å². The first-order chi connectivity index (χ1) is 17.2. The van der Waals surface area contributed by atoms with Crippen LogP contribution in [0, 0.1) is 0 Å². The number of fused-ring (bicyclic) bond motifs is 1. The molecule has 36 heavy (non-hydrogen) atoms. The second-order valence-electron chi connectivity index (χ2n) is 7.79. The largest absolute Gasteiger partial charge is 0.497 e. The number of rotatable bonds is 7. The maximum absolute atomic E-state index is 13.2. The minimum Gasteiger partial charge on any atom is -0.497 e. The van der Waals surface area contributed by atoms with Gasteiger partial charge in [-0.3, -0.25) is 19.6 Å². The Kier molecular flexibility index (Phi) is 7.27. The number of aryl methyl sites for hydroxylation is 1. The number of carbonyl (C=O) groups excluding carboxylic acids is 3. The van der Waals surface area contributed by atoms with E-state index in [9.17, 15) is 22.8 Å². The highest BCUT2D eigenvalue weighted by Gasteiger charge is 2.29. The van der Waals surface area contributed by atoms with E-state index in [0.29, 0.717) is 12.2 Å². The Morgan fingerprint density at radius 3 is 2.36 bits per heavy atom. The Morgan fingerprint density at radius 2 is 1.67 bits per heavy atom. The maximum Gasteiger partial charge on any atom is 0.413 e. The highest BCUT2D eigenvalue weighted by molar-refractivity contribution is 7.92. The smallest absolute Gasteiger partial charge is 0.413 e. The molecule has 0 radical (unpaired) electrons. The number of para-hydroxylation sites is 1. The fourth-order valence-electron chi connectivity index (χ4n) is 3.84. The Hall–Kier alpha value is -3.90. The van der Waals surface area contributed by atoms with E-state index in [4.69, 9.17) is 4.74 Å². The summed E-state index contributed by atoms with van der Waals surface area (Å²) in [6.45, 7) is 0. The molecule has 3 N–H and O–H groups in total. The quantitative estimate of drug-likeness (QED) is 0.423. The van der Waals surface area contributed by atoms with E-state index in [1.807, 2.05) is 0 Å². The summed E-state index contributed by atoms with van der Waals surface area (Å²) < 4.78 is 37.9. The molecular weight excluding hydrogens is 506 g/mol. The van der Waals surface area contributed by atoms with Gasteiger partial charge in [-0.1, -0.05) is 12.1 Å². The van der Waals surface area contributed by atoms with Gasteiger partial charge >= 0.3 is 6.09 Å². The molecule has 10 nitrogen and oxygen atoms in total. The predicted molar refractivity (Wildman–Crippen MR) is 134 cm³/mol. The van der Waals surface area contributed by atoms with Gasteiger partial charge in [0.15, 0.2) is 0 Å². The lowest BCUT2D eigenvalue weighted by Crippen LogP contribution is -2.31. The Bertz CT molecular complexity index is 1430. The van der Waals surface area contributed by atoms with Crippen molar-refractivity contribution in [2.75, 3.05) is 24.3 Å². The first kappa shape index (κ1) is 25.2. The van der Waals surface area contributed by atoms with E-state index >= 15 is 0 Å². The maximum atomic E-state index is 13.2. The van der Waals surface area contributed by atoms with Gasteiger partial charge in [0.2, 0.25) is 0 Å². The minimum absolute atomic E-state index is 0.00467.